The summed E-state index contributed by atoms with van der Waals surface area (Å²) in [7, 11) is 0. The van der Waals surface area contributed by atoms with Crippen LogP contribution >= 0.6 is 0 Å². The van der Waals surface area contributed by atoms with Crippen molar-refractivity contribution in [2.75, 3.05) is 26.2 Å². The third-order valence-corrected chi connectivity index (χ3v) is 3.67. The van der Waals surface area contributed by atoms with E-state index in [-0.39, 0.29) is 43.7 Å². The van der Waals surface area contributed by atoms with Crippen LogP contribution in [0, 0.1) is 5.92 Å². The van der Waals surface area contributed by atoms with Gasteiger partial charge < -0.3 is 15.5 Å². The maximum Gasteiger partial charge on any atom is 0.471 e. The van der Waals surface area contributed by atoms with E-state index >= 15 is 0 Å². The van der Waals surface area contributed by atoms with Crippen molar-refractivity contribution >= 4 is 17.7 Å². The number of hydrogen-bond donors (Lipinski definition) is 2. The molecule has 1 saturated heterocycles. The minimum Gasteiger partial charge on any atom is -0.356 e. The Balaban J connectivity index is 2.20. The van der Waals surface area contributed by atoms with E-state index in [1.807, 2.05) is 0 Å². The van der Waals surface area contributed by atoms with Gasteiger partial charge in [0.05, 0.1) is 0 Å². The number of alkyl halides is 3. The fraction of sp³-hybridized carbons (Fsp3) is 0.786. The number of unbranched alkanes of at least 4 members (excludes halogenated alkanes) is 1. The molecular formula is C14H22F3N3O3. The van der Waals surface area contributed by atoms with Crippen molar-refractivity contribution in [3.63, 3.8) is 0 Å². The Morgan fingerprint density at radius 2 is 1.57 bits per heavy atom. The molecule has 0 bridgehead atoms. The van der Waals surface area contributed by atoms with Crippen molar-refractivity contribution in [1.29, 1.82) is 0 Å². The summed E-state index contributed by atoms with van der Waals surface area (Å²) < 4.78 is 36.9. The van der Waals surface area contributed by atoms with Crippen LogP contribution in [-0.4, -0.2) is 55.0 Å². The second-order valence-electron chi connectivity index (χ2n) is 5.55. The van der Waals surface area contributed by atoms with E-state index in [0.29, 0.717) is 19.5 Å². The monoisotopic (exact) mass is 337 g/mol. The zero-order chi connectivity index (χ0) is 17.5. The molecule has 0 aromatic carbocycles. The smallest absolute Gasteiger partial charge is 0.356 e. The van der Waals surface area contributed by atoms with Crippen molar-refractivity contribution in [3.05, 3.63) is 0 Å². The number of amides is 3. The van der Waals surface area contributed by atoms with E-state index in [9.17, 15) is 27.6 Å². The standard InChI is InChI=1S/C14H22F3N3O3/c1-10(21)18-6-2-3-7-19-12(22)11-4-8-20(9-5-11)13(23)14(15,16)17/h11H,2-9H2,1H3,(H,18,21)(H,19,22). The molecule has 3 amide bonds. The summed E-state index contributed by atoms with van der Waals surface area (Å²) in [6.45, 7) is 2.32. The van der Waals surface area contributed by atoms with Gasteiger partial charge in [0.25, 0.3) is 0 Å². The number of nitrogens with zero attached hydrogens (tertiary/aromatic N) is 1. The first-order valence-electron chi connectivity index (χ1n) is 7.60. The SMILES string of the molecule is CC(=O)NCCCCNC(=O)C1CCN(C(=O)C(F)(F)F)CC1. The fourth-order valence-corrected chi connectivity index (χ4v) is 2.39. The molecule has 0 saturated carbocycles. The number of carbonyl (C=O) groups is 3. The van der Waals surface area contributed by atoms with Crippen LogP contribution in [0.25, 0.3) is 0 Å². The summed E-state index contributed by atoms with van der Waals surface area (Å²) in [5.74, 6) is -2.49. The number of likely N-dealkylation sites (tertiary alicyclic amines) is 1. The summed E-state index contributed by atoms with van der Waals surface area (Å²) in [6.07, 6.45) is -2.95. The zero-order valence-electron chi connectivity index (χ0n) is 13.0. The summed E-state index contributed by atoms with van der Waals surface area (Å²) in [4.78, 5) is 34.4. The van der Waals surface area contributed by atoms with Gasteiger partial charge in [0.2, 0.25) is 11.8 Å². The third kappa shape index (κ3) is 6.87. The minimum atomic E-state index is -4.86. The first-order valence-corrected chi connectivity index (χ1v) is 7.60. The van der Waals surface area contributed by atoms with Crippen LogP contribution < -0.4 is 10.6 Å². The quantitative estimate of drug-likeness (QED) is 0.705. The Kier molecular flexibility index (Phi) is 7.31. The first-order chi connectivity index (χ1) is 10.7. The Bertz CT molecular complexity index is 433. The van der Waals surface area contributed by atoms with E-state index in [0.717, 1.165) is 11.3 Å². The highest BCUT2D eigenvalue weighted by Gasteiger charge is 2.43. The number of piperidine rings is 1. The molecule has 0 aliphatic carbocycles. The molecule has 0 unspecified atom stereocenters. The van der Waals surface area contributed by atoms with E-state index < -0.39 is 12.1 Å². The van der Waals surface area contributed by atoms with Crippen LogP contribution in [0.1, 0.15) is 32.6 Å². The number of halogens is 3. The average Bonchev–Trinajstić information content (AvgIpc) is 2.48. The van der Waals surface area contributed by atoms with E-state index in [4.69, 9.17) is 0 Å². The number of nitrogens with one attached hydrogen (secondary N) is 2. The molecule has 9 heteroatoms. The Hall–Kier alpha value is -1.80. The molecule has 0 atom stereocenters. The molecule has 1 aliphatic rings. The van der Waals surface area contributed by atoms with Crippen LogP contribution in [-0.2, 0) is 14.4 Å². The lowest BCUT2D eigenvalue weighted by atomic mass is 9.96. The summed E-state index contributed by atoms with van der Waals surface area (Å²) >= 11 is 0. The molecule has 1 aliphatic heterocycles. The fourth-order valence-electron chi connectivity index (χ4n) is 2.39. The Labute approximate surface area is 132 Å². The highest BCUT2D eigenvalue weighted by Crippen LogP contribution is 2.23. The largest absolute Gasteiger partial charge is 0.471 e. The molecule has 1 fully saturated rings. The molecule has 0 aromatic heterocycles. The molecule has 23 heavy (non-hydrogen) atoms. The molecule has 1 heterocycles. The summed E-state index contributed by atoms with van der Waals surface area (Å²) in [5, 5.41) is 5.38. The van der Waals surface area contributed by atoms with E-state index in [2.05, 4.69) is 10.6 Å². The van der Waals surface area contributed by atoms with Gasteiger partial charge in [-0.1, -0.05) is 0 Å². The molecule has 1 rings (SSSR count). The van der Waals surface area contributed by atoms with Gasteiger partial charge in [-0.25, -0.2) is 0 Å². The van der Waals surface area contributed by atoms with E-state index in [1.54, 1.807) is 0 Å². The van der Waals surface area contributed by atoms with Crippen molar-refractivity contribution in [1.82, 2.24) is 15.5 Å². The highest BCUT2D eigenvalue weighted by molar-refractivity contribution is 5.83. The zero-order valence-corrected chi connectivity index (χ0v) is 13.0. The third-order valence-electron chi connectivity index (χ3n) is 3.67. The molecule has 0 aromatic rings. The van der Waals surface area contributed by atoms with Gasteiger partial charge in [-0.15, -0.1) is 0 Å². The molecule has 132 valence electrons. The van der Waals surface area contributed by atoms with Crippen molar-refractivity contribution < 1.29 is 27.6 Å². The normalized spacial score (nSPS) is 16.1. The predicted molar refractivity (Wildman–Crippen MR) is 76.3 cm³/mol. The molecule has 6 nitrogen and oxygen atoms in total. The van der Waals surface area contributed by atoms with Crippen LogP contribution in [0.3, 0.4) is 0 Å². The van der Waals surface area contributed by atoms with Gasteiger partial charge in [0.1, 0.15) is 0 Å². The summed E-state index contributed by atoms with van der Waals surface area (Å²) in [6, 6.07) is 0. The molecule has 0 spiro atoms. The Morgan fingerprint density at radius 3 is 2.04 bits per heavy atom. The van der Waals surface area contributed by atoms with Gasteiger partial charge in [-0.2, -0.15) is 13.2 Å². The number of carbonyl (C=O) groups excluding carboxylic acids is 3. The van der Waals surface area contributed by atoms with Crippen LogP contribution in [0.4, 0.5) is 13.2 Å². The second-order valence-corrected chi connectivity index (χ2v) is 5.55. The molecule has 2 N–H and O–H groups in total. The van der Waals surface area contributed by atoms with Gasteiger partial charge >= 0.3 is 12.1 Å². The van der Waals surface area contributed by atoms with Crippen LogP contribution in [0.5, 0.6) is 0 Å². The maximum absolute atomic E-state index is 12.3. The second kappa shape index (κ2) is 8.73. The van der Waals surface area contributed by atoms with Crippen LogP contribution in [0.2, 0.25) is 0 Å². The maximum atomic E-state index is 12.3. The minimum absolute atomic E-state index is 0.0566. The van der Waals surface area contributed by atoms with Crippen molar-refractivity contribution in [3.8, 4) is 0 Å². The molecular weight excluding hydrogens is 315 g/mol. The number of rotatable bonds is 6. The number of hydrogen-bond acceptors (Lipinski definition) is 3. The molecule has 0 radical (unpaired) electrons. The lowest BCUT2D eigenvalue weighted by molar-refractivity contribution is -0.186. The van der Waals surface area contributed by atoms with Crippen LogP contribution in [0.15, 0.2) is 0 Å². The first kappa shape index (κ1) is 19.2. The van der Waals surface area contributed by atoms with Crippen molar-refractivity contribution in [2.45, 2.75) is 38.8 Å². The van der Waals surface area contributed by atoms with Gasteiger partial charge in [0, 0.05) is 39.0 Å². The van der Waals surface area contributed by atoms with Gasteiger partial charge in [-0.05, 0) is 25.7 Å². The van der Waals surface area contributed by atoms with Gasteiger partial charge in [-0.3, -0.25) is 14.4 Å². The predicted octanol–water partition coefficient (Wildman–Crippen LogP) is 0.820. The van der Waals surface area contributed by atoms with Crippen molar-refractivity contribution in [2.24, 2.45) is 5.92 Å². The average molecular weight is 337 g/mol. The van der Waals surface area contributed by atoms with E-state index in [1.165, 1.54) is 6.92 Å². The highest BCUT2D eigenvalue weighted by atomic mass is 19.4. The lowest BCUT2D eigenvalue weighted by Crippen LogP contribution is -2.47. The topological polar surface area (TPSA) is 78.5 Å². The Morgan fingerprint density at radius 1 is 1.04 bits per heavy atom. The summed E-state index contributed by atoms with van der Waals surface area (Å²) in [5.41, 5.74) is 0. The van der Waals surface area contributed by atoms with Gasteiger partial charge in [0.15, 0.2) is 0 Å². The lowest BCUT2D eigenvalue weighted by Gasteiger charge is -2.31.